The topological polar surface area (TPSA) is 77.9 Å². The van der Waals surface area contributed by atoms with E-state index in [4.69, 9.17) is 19.6 Å². The molecule has 0 radical (unpaired) electrons. The first kappa shape index (κ1) is 27.0. The Bertz CT molecular complexity index is 1660. The van der Waals surface area contributed by atoms with Gasteiger partial charge in [-0.3, -0.25) is 0 Å². The molecule has 0 bridgehead atoms. The third-order valence-electron chi connectivity index (χ3n) is 5.90. The fraction of sp³-hybridized carbons (Fsp3) is 0.133. The summed E-state index contributed by atoms with van der Waals surface area (Å²) in [6, 6.07) is 24.7. The fourth-order valence-electron chi connectivity index (χ4n) is 4.12. The molecule has 0 aliphatic carbocycles. The number of hydrogen-bond acceptors (Lipinski definition) is 6. The van der Waals surface area contributed by atoms with Crippen molar-refractivity contribution in [1.82, 2.24) is 4.98 Å². The number of rotatable bonds is 9. The van der Waals surface area contributed by atoms with Crippen LogP contribution in [0.3, 0.4) is 0 Å². The third-order valence-corrected chi connectivity index (χ3v) is 6.98. The van der Waals surface area contributed by atoms with Gasteiger partial charge in [-0.25, -0.2) is 9.78 Å². The molecular weight excluding hydrogens is 543 g/mol. The van der Waals surface area contributed by atoms with E-state index < -0.39 is 18.9 Å². The van der Waals surface area contributed by atoms with E-state index in [1.807, 2.05) is 42.5 Å². The van der Waals surface area contributed by atoms with E-state index in [9.17, 15) is 18.0 Å². The number of halogens is 3. The highest BCUT2D eigenvalue weighted by Crippen LogP contribution is 2.39. The Morgan fingerprint density at radius 1 is 0.875 bits per heavy atom. The normalized spacial score (nSPS) is 11.4. The number of hydrogen-bond donors (Lipinski definition) is 1. The number of carboxylic acid groups (broad SMARTS) is 1. The van der Waals surface area contributed by atoms with Crippen molar-refractivity contribution in [1.29, 1.82) is 0 Å². The van der Waals surface area contributed by atoms with Crippen LogP contribution in [0.25, 0.3) is 32.5 Å². The molecule has 6 nitrogen and oxygen atoms in total. The predicted octanol–water partition coefficient (Wildman–Crippen LogP) is 7.88. The molecule has 0 saturated carbocycles. The molecule has 4 aromatic carbocycles. The maximum atomic E-state index is 12.6. The van der Waals surface area contributed by atoms with Crippen LogP contribution < -0.4 is 14.2 Å². The highest BCUT2D eigenvalue weighted by atomic mass is 32.1. The zero-order valence-electron chi connectivity index (χ0n) is 21.1. The van der Waals surface area contributed by atoms with E-state index in [-0.39, 0.29) is 12.4 Å². The predicted molar refractivity (Wildman–Crippen MR) is 146 cm³/mol. The van der Waals surface area contributed by atoms with Crippen molar-refractivity contribution in [3.05, 3.63) is 95.5 Å². The second kappa shape index (κ2) is 11.3. The number of aromatic nitrogens is 1. The van der Waals surface area contributed by atoms with Gasteiger partial charge in [-0.15, -0.1) is 24.5 Å². The maximum Gasteiger partial charge on any atom is 0.573 e. The monoisotopic (exact) mass is 565 g/mol. The smallest absolute Gasteiger partial charge is 0.486 e. The summed E-state index contributed by atoms with van der Waals surface area (Å²) in [6.07, 6.45) is -4.77. The molecule has 5 aromatic rings. The largest absolute Gasteiger partial charge is 0.573 e. The van der Waals surface area contributed by atoms with E-state index in [1.165, 1.54) is 23.5 Å². The summed E-state index contributed by atoms with van der Waals surface area (Å²) in [5.41, 5.74) is 2.96. The number of carbonyl (C=O) groups is 1. The quantitative estimate of drug-likeness (QED) is 0.196. The zero-order chi connectivity index (χ0) is 28.3. The molecule has 40 heavy (non-hydrogen) atoms. The lowest BCUT2D eigenvalue weighted by Crippen LogP contribution is -2.16. The second-order valence-corrected chi connectivity index (χ2v) is 9.90. The minimum atomic E-state index is -4.77. The lowest BCUT2D eigenvalue weighted by molar-refractivity contribution is -0.274. The molecule has 5 rings (SSSR count). The number of fused-ring (bicyclic) bond motifs is 1. The Hall–Kier alpha value is -4.57. The molecule has 0 unspecified atom stereocenters. The maximum absolute atomic E-state index is 12.6. The highest BCUT2D eigenvalue weighted by Gasteiger charge is 2.31. The van der Waals surface area contributed by atoms with Crippen LogP contribution in [0.2, 0.25) is 0 Å². The van der Waals surface area contributed by atoms with Crippen molar-refractivity contribution in [2.75, 3.05) is 6.61 Å². The van der Waals surface area contributed by atoms with Gasteiger partial charge in [0.25, 0.3) is 0 Å². The lowest BCUT2D eigenvalue weighted by Gasteiger charge is -2.09. The number of ether oxygens (including phenoxy) is 3. The average Bonchev–Trinajstić information content (AvgIpc) is 3.35. The van der Waals surface area contributed by atoms with Crippen molar-refractivity contribution >= 4 is 28.1 Å². The molecular formula is C30H22F3NO5S. The van der Waals surface area contributed by atoms with E-state index in [0.29, 0.717) is 27.8 Å². The van der Waals surface area contributed by atoms with Gasteiger partial charge >= 0.3 is 12.3 Å². The van der Waals surface area contributed by atoms with Crippen LogP contribution in [-0.2, 0) is 11.4 Å². The first-order valence-corrected chi connectivity index (χ1v) is 12.9. The van der Waals surface area contributed by atoms with E-state index >= 15 is 0 Å². The van der Waals surface area contributed by atoms with Gasteiger partial charge in [-0.2, -0.15) is 0 Å². The number of thiazole rings is 1. The van der Waals surface area contributed by atoms with Crippen LogP contribution in [0.15, 0.2) is 84.9 Å². The van der Waals surface area contributed by atoms with Crippen LogP contribution in [0.4, 0.5) is 13.2 Å². The molecule has 1 aromatic heterocycles. The van der Waals surface area contributed by atoms with Gasteiger partial charge in [0.05, 0.1) is 10.6 Å². The fourth-order valence-corrected chi connectivity index (χ4v) is 5.12. The summed E-state index contributed by atoms with van der Waals surface area (Å²) >= 11 is 1.38. The van der Waals surface area contributed by atoms with Crippen LogP contribution in [0, 0.1) is 6.92 Å². The number of aliphatic carboxylic acids is 1. The summed E-state index contributed by atoms with van der Waals surface area (Å²) in [5.74, 6) is -0.368. The third kappa shape index (κ3) is 6.52. The van der Waals surface area contributed by atoms with E-state index in [1.54, 1.807) is 37.3 Å². The molecule has 0 atom stereocenters. The van der Waals surface area contributed by atoms with Gasteiger partial charge < -0.3 is 19.3 Å². The highest BCUT2D eigenvalue weighted by molar-refractivity contribution is 7.15. The molecule has 10 heteroatoms. The number of carboxylic acids is 1. The standard InChI is InChI=1S/C30H22F3NO5S/c1-18-14-24(12-13-25(18)38-17-27(35)36)37-16-26-34-28(22-7-6-19-4-2-3-5-21(19)15-22)29(40-26)20-8-10-23(11-9-20)39-30(31,32)33/h2-15H,16-17H2,1H3,(H,35,36). The number of benzene rings is 4. The summed E-state index contributed by atoms with van der Waals surface area (Å²) in [5, 5.41) is 11.6. The number of aryl methyl sites for hydroxylation is 1. The first-order valence-electron chi connectivity index (χ1n) is 12.1. The lowest BCUT2D eigenvalue weighted by atomic mass is 10.0. The van der Waals surface area contributed by atoms with Crippen LogP contribution in [0.5, 0.6) is 17.2 Å². The first-order chi connectivity index (χ1) is 19.1. The summed E-state index contributed by atoms with van der Waals surface area (Å²) < 4.78 is 53.2. The van der Waals surface area contributed by atoms with Gasteiger partial charge in [-0.05, 0) is 77.4 Å². The number of alkyl halides is 3. The van der Waals surface area contributed by atoms with Gasteiger partial charge in [0.1, 0.15) is 28.9 Å². The van der Waals surface area contributed by atoms with Crippen molar-refractivity contribution in [3.63, 3.8) is 0 Å². The van der Waals surface area contributed by atoms with Crippen LogP contribution in [-0.4, -0.2) is 29.0 Å². The molecule has 0 saturated heterocycles. The minimum Gasteiger partial charge on any atom is -0.486 e. The van der Waals surface area contributed by atoms with E-state index in [0.717, 1.165) is 26.8 Å². The van der Waals surface area contributed by atoms with Gasteiger partial charge in [-0.1, -0.05) is 36.4 Å². The summed E-state index contributed by atoms with van der Waals surface area (Å²) in [7, 11) is 0. The van der Waals surface area contributed by atoms with Crippen molar-refractivity contribution < 1.29 is 37.3 Å². The Kier molecular flexibility index (Phi) is 7.61. The molecule has 0 spiro atoms. The Morgan fingerprint density at radius 2 is 1.57 bits per heavy atom. The van der Waals surface area contributed by atoms with Gasteiger partial charge in [0.2, 0.25) is 0 Å². The van der Waals surface area contributed by atoms with Crippen molar-refractivity contribution in [3.8, 4) is 38.9 Å². The van der Waals surface area contributed by atoms with Gasteiger partial charge in [0, 0.05) is 5.56 Å². The molecule has 0 amide bonds. The molecule has 0 fully saturated rings. The number of nitrogens with zero attached hydrogens (tertiary/aromatic N) is 1. The minimum absolute atomic E-state index is 0.148. The summed E-state index contributed by atoms with van der Waals surface area (Å²) in [6.45, 7) is 1.49. The van der Waals surface area contributed by atoms with E-state index in [2.05, 4.69) is 4.74 Å². The van der Waals surface area contributed by atoms with Crippen molar-refractivity contribution in [2.45, 2.75) is 19.9 Å². The zero-order valence-corrected chi connectivity index (χ0v) is 21.9. The summed E-state index contributed by atoms with van der Waals surface area (Å²) in [4.78, 5) is 16.4. The van der Waals surface area contributed by atoms with Crippen LogP contribution in [0.1, 0.15) is 10.6 Å². The van der Waals surface area contributed by atoms with Crippen molar-refractivity contribution in [2.24, 2.45) is 0 Å². The Labute approximate surface area is 231 Å². The Morgan fingerprint density at radius 3 is 2.27 bits per heavy atom. The Balaban J connectivity index is 1.44. The molecule has 204 valence electrons. The van der Waals surface area contributed by atoms with Crippen LogP contribution >= 0.6 is 11.3 Å². The molecule has 1 heterocycles. The molecule has 1 N–H and O–H groups in total. The second-order valence-electron chi connectivity index (χ2n) is 8.82. The average molecular weight is 566 g/mol. The molecule has 0 aliphatic heterocycles. The molecule has 0 aliphatic rings. The SMILES string of the molecule is Cc1cc(OCc2nc(-c3ccc4ccccc4c3)c(-c3ccc(OC(F)(F)F)cc3)s2)ccc1OCC(=O)O. The van der Waals surface area contributed by atoms with Gasteiger partial charge in [0.15, 0.2) is 6.61 Å².